The Labute approximate surface area is 215 Å². The Morgan fingerprint density at radius 1 is 0.286 bits per heavy atom. The monoisotopic (exact) mass is 498 g/mol. The maximum Gasteiger partial charge on any atom is 0.00772 e. The van der Waals surface area contributed by atoms with Crippen LogP contribution in [-0.4, -0.2) is 131 Å². The molecule has 2 aliphatic rings. The number of hydrogen-bond acceptors (Lipinski definition) is 10. The summed E-state index contributed by atoms with van der Waals surface area (Å²) in [6.07, 6.45) is 3.88. The number of rotatable bonds is 4. The van der Waals surface area contributed by atoms with Gasteiger partial charge in [-0.15, -0.1) is 0 Å². The molecule has 2 aliphatic heterocycles. The lowest BCUT2D eigenvalue weighted by atomic mass is 9.96. The van der Waals surface area contributed by atoms with Crippen molar-refractivity contribution >= 4 is 0 Å². The molecule has 0 atom stereocenters. The highest BCUT2D eigenvalue weighted by atomic mass is 15.0. The van der Waals surface area contributed by atoms with E-state index in [4.69, 9.17) is 0 Å². The smallest absolute Gasteiger partial charge is 0.00772 e. The van der Waals surface area contributed by atoms with Gasteiger partial charge in [0.05, 0.1) is 0 Å². The van der Waals surface area contributed by atoms with Crippen LogP contribution >= 0.6 is 0 Å². The van der Waals surface area contributed by atoms with Gasteiger partial charge in [0.1, 0.15) is 0 Å². The van der Waals surface area contributed by atoms with Gasteiger partial charge in [-0.1, -0.05) is 6.42 Å². The fourth-order valence-corrected chi connectivity index (χ4v) is 4.64. The molecule has 0 bridgehead atoms. The predicted octanol–water partition coefficient (Wildman–Crippen LogP) is -2.69. The molecule has 0 aromatic rings. The third-order valence-corrected chi connectivity index (χ3v) is 6.79. The Bertz CT molecular complexity index is 372. The van der Waals surface area contributed by atoms with Gasteiger partial charge in [0.2, 0.25) is 0 Å². The first-order chi connectivity index (χ1) is 17.4. The van der Waals surface area contributed by atoms with Gasteiger partial charge in [-0.2, -0.15) is 0 Å². The Morgan fingerprint density at radius 2 is 0.486 bits per heavy atom. The van der Waals surface area contributed by atoms with Crippen LogP contribution < -0.4 is 53.2 Å². The van der Waals surface area contributed by atoms with Gasteiger partial charge in [-0.05, 0) is 50.9 Å². The van der Waals surface area contributed by atoms with Crippen molar-refractivity contribution in [3.63, 3.8) is 0 Å². The molecular weight excluding hydrogens is 440 g/mol. The van der Waals surface area contributed by atoms with Crippen molar-refractivity contribution in [3.05, 3.63) is 0 Å². The second-order valence-corrected chi connectivity index (χ2v) is 9.98. The zero-order valence-electron chi connectivity index (χ0n) is 22.4. The molecule has 0 aromatic carbocycles. The van der Waals surface area contributed by atoms with E-state index in [2.05, 4.69) is 53.2 Å². The molecule has 0 unspecified atom stereocenters. The standard InChI is InChI=1S/C25H58N10/c1(2-24-20-32-16-12-28-8-4-26-5-9-29-13-17-33-21-24)3-25-22-34-18-14-30-10-6-27-7-11-31-15-19-35-23-25/h24-35H,1-23H2. The Balaban J connectivity index is 1.69. The second kappa shape index (κ2) is 24.0. The lowest BCUT2D eigenvalue weighted by Gasteiger charge is -2.22. The fraction of sp³-hybridized carbons (Fsp3) is 1.00. The average molecular weight is 499 g/mol. The van der Waals surface area contributed by atoms with Gasteiger partial charge < -0.3 is 53.2 Å². The van der Waals surface area contributed by atoms with Crippen molar-refractivity contribution in [2.45, 2.75) is 19.3 Å². The highest BCUT2D eigenvalue weighted by Gasteiger charge is 2.12. The molecule has 0 aliphatic carbocycles. The van der Waals surface area contributed by atoms with E-state index in [1.165, 1.54) is 19.3 Å². The SMILES string of the molecule is C(CC1CNCCNCCNCCNCCNC1)CC1CNCCNCCNCCNCCNC1. The summed E-state index contributed by atoms with van der Waals surface area (Å²) in [5.74, 6) is 1.39. The molecule has 10 nitrogen and oxygen atoms in total. The molecule has 0 spiro atoms. The van der Waals surface area contributed by atoms with Crippen molar-refractivity contribution in [2.24, 2.45) is 11.8 Å². The lowest BCUT2D eigenvalue weighted by molar-refractivity contribution is 0.357. The molecule has 0 aromatic heterocycles. The molecular formula is C25H58N10. The van der Waals surface area contributed by atoms with E-state index in [-0.39, 0.29) is 0 Å². The third kappa shape index (κ3) is 19.4. The first-order valence-corrected chi connectivity index (χ1v) is 14.5. The molecule has 35 heavy (non-hydrogen) atoms. The van der Waals surface area contributed by atoms with Crippen LogP contribution in [0.2, 0.25) is 0 Å². The third-order valence-electron chi connectivity index (χ3n) is 6.79. The topological polar surface area (TPSA) is 120 Å². The molecule has 0 saturated carbocycles. The highest BCUT2D eigenvalue weighted by molar-refractivity contribution is 4.72. The zero-order valence-corrected chi connectivity index (χ0v) is 22.4. The lowest BCUT2D eigenvalue weighted by Crippen LogP contribution is -2.40. The van der Waals surface area contributed by atoms with Crippen LogP contribution in [-0.2, 0) is 0 Å². The summed E-state index contributed by atoms with van der Waals surface area (Å²) in [5, 5.41) is 35.8. The summed E-state index contributed by atoms with van der Waals surface area (Å²) in [4.78, 5) is 0. The van der Waals surface area contributed by atoms with Crippen LogP contribution in [0.1, 0.15) is 19.3 Å². The molecule has 208 valence electrons. The zero-order chi connectivity index (χ0) is 24.5. The van der Waals surface area contributed by atoms with Crippen molar-refractivity contribution in [2.75, 3.05) is 131 Å². The van der Waals surface area contributed by atoms with Gasteiger partial charge in [-0.25, -0.2) is 0 Å². The molecule has 10 N–H and O–H groups in total. The Morgan fingerprint density at radius 3 is 0.714 bits per heavy atom. The Kier molecular flexibility index (Phi) is 21.1. The van der Waals surface area contributed by atoms with Gasteiger partial charge in [-0.3, -0.25) is 0 Å². The van der Waals surface area contributed by atoms with Crippen LogP contribution in [0.5, 0.6) is 0 Å². The number of hydrogen-bond donors (Lipinski definition) is 10. The van der Waals surface area contributed by atoms with Crippen LogP contribution in [0.25, 0.3) is 0 Å². The van der Waals surface area contributed by atoms with Gasteiger partial charge in [0, 0.05) is 105 Å². The van der Waals surface area contributed by atoms with Crippen molar-refractivity contribution < 1.29 is 0 Å². The minimum Gasteiger partial charge on any atom is -0.315 e. The van der Waals surface area contributed by atoms with E-state index in [0.29, 0.717) is 11.8 Å². The summed E-state index contributed by atoms with van der Waals surface area (Å²) in [5.41, 5.74) is 0. The molecule has 2 heterocycles. The van der Waals surface area contributed by atoms with E-state index < -0.39 is 0 Å². The molecule has 2 rings (SSSR count). The van der Waals surface area contributed by atoms with Crippen LogP contribution in [0.3, 0.4) is 0 Å². The number of nitrogens with one attached hydrogen (secondary N) is 10. The van der Waals surface area contributed by atoms with Crippen LogP contribution in [0.4, 0.5) is 0 Å². The minimum absolute atomic E-state index is 0.693. The average Bonchev–Trinajstić information content (AvgIpc) is 2.86. The van der Waals surface area contributed by atoms with E-state index >= 15 is 0 Å². The van der Waals surface area contributed by atoms with Crippen LogP contribution in [0.15, 0.2) is 0 Å². The maximum absolute atomic E-state index is 3.69. The maximum atomic E-state index is 3.69. The van der Waals surface area contributed by atoms with Crippen LogP contribution in [0, 0.1) is 11.8 Å². The highest BCUT2D eigenvalue weighted by Crippen LogP contribution is 2.12. The van der Waals surface area contributed by atoms with Gasteiger partial charge >= 0.3 is 0 Å². The Hall–Kier alpha value is -0.400. The molecule has 0 radical (unpaired) electrons. The molecule has 2 saturated heterocycles. The fourth-order valence-electron chi connectivity index (χ4n) is 4.64. The van der Waals surface area contributed by atoms with Crippen molar-refractivity contribution in [1.82, 2.24) is 53.2 Å². The minimum atomic E-state index is 0.693. The van der Waals surface area contributed by atoms with E-state index in [1.807, 2.05) is 0 Å². The van der Waals surface area contributed by atoms with Gasteiger partial charge in [0.15, 0.2) is 0 Å². The van der Waals surface area contributed by atoms with Crippen molar-refractivity contribution in [1.29, 1.82) is 0 Å². The first kappa shape index (κ1) is 30.8. The molecule has 10 heteroatoms. The van der Waals surface area contributed by atoms with E-state index in [9.17, 15) is 0 Å². The summed E-state index contributed by atoms with van der Waals surface area (Å²) >= 11 is 0. The quantitative estimate of drug-likeness (QED) is 0.201. The predicted molar refractivity (Wildman–Crippen MR) is 150 cm³/mol. The summed E-state index contributed by atoms with van der Waals surface area (Å²) in [6.45, 7) is 21.1. The molecule has 0 amide bonds. The summed E-state index contributed by atoms with van der Waals surface area (Å²) in [6, 6.07) is 0. The normalized spacial score (nSPS) is 24.7. The summed E-state index contributed by atoms with van der Waals surface area (Å²) in [7, 11) is 0. The summed E-state index contributed by atoms with van der Waals surface area (Å²) < 4.78 is 0. The largest absolute Gasteiger partial charge is 0.315 e. The van der Waals surface area contributed by atoms with E-state index in [1.54, 1.807) is 0 Å². The second-order valence-electron chi connectivity index (χ2n) is 9.98. The first-order valence-electron chi connectivity index (χ1n) is 14.5. The van der Waals surface area contributed by atoms with Crippen molar-refractivity contribution in [3.8, 4) is 0 Å². The van der Waals surface area contributed by atoms with Gasteiger partial charge in [0.25, 0.3) is 0 Å². The molecule has 2 fully saturated rings. The van der Waals surface area contributed by atoms with E-state index in [0.717, 1.165) is 131 Å².